The molecule has 0 spiro atoms. The fourth-order valence-corrected chi connectivity index (χ4v) is 2.38. The Morgan fingerprint density at radius 3 is 2.60 bits per heavy atom. The second-order valence-electron chi connectivity index (χ2n) is 4.70. The highest BCUT2D eigenvalue weighted by Crippen LogP contribution is 2.20. The molecule has 1 aromatic heterocycles. The highest BCUT2D eigenvalue weighted by Gasteiger charge is 2.21. The van der Waals surface area contributed by atoms with E-state index in [-0.39, 0.29) is 11.9 Å². The third-order valence-corrected chi connectivity index (χ3v) is 3.48. The Hall–Kier alpha value is -2.43. The molecule has 0 fully saturated rings. The summed E-state index contributed by atoms with van der Waals surface area (Å²) >= 11 is 0. The average molecular weight is 269 g/mol. The summed E-state index contributed by atoms with van der Waals surface area (Å²) in [5, 5.41) is 0. The zero-order chi connectivity index (χ0) is 13.9. The number of benzene rings is 1. The van der Waals surface area contributed by atoms with E-state index in [4.69, 9.17) is 4.74 Å². The van der Waals surface area contributed by atoms with E-state index in [1.807, 2.05) is 17.0 Å². The first-order chi connectivity index (χ1) is 9.78. The van der Waals surface area contributed by atoms with Gasteiger partial charge in [-0.15, -0.1) is 0 Å². The molecule has 5 nitrogen and oxygen atoms in total. The Morgan fingerprint density at radius 2 is 1.90 bits per heavy atom. The summed E-state index contributed by atoms with van der Waals surface area (Å²) in [6.45, 7) is 1.36. The maximum absolute atomic E-state index is 12.4. The van der Waals surface area contributed by atoms with Crippen LogP contribution in [0.15, 0.2) is 36.7 Å². The maximum atomic E-state index is 12.4. The molecule has 0 radical (unpaired) electrons. The third kappa shape index (κ3) is 2.34. The monoisotopic (exact) mass is 269 g/mol. The summed E-state index contributed by atoms with van der Waals surface area (Å²) in [4.78, 5) is 22.2. The first kappa shape index (κ1) is 12.6. The topological polar surface area (TPSA) is 55.3 Å². The van der Waals surface area contributed by atoms with Crippen LogP contribution in [0.5, 0.6) is 6.01 Å². The van der Waals surface area contributed by atoms with Gasteiger partial charge in [0.2, 0.25) is 0 Å². The van der Waals surface area contributed by atoms with E-state index in [1.165, 1.54) is 30.6 Å². The normalized spacial score (nSPS) is 13.8. The molecule has 0 N–H and O–H groups in total. The van der Waals surface area contributed by atoms with E-state index >= 15 is 0 Å². The van der Waals surface area contributed by atoms with Gasteiger partial charge in [0, 0.05) is 25.5 Å². The Balaban J connectivity index is 1.78. The quantitative estimate of drug-likeness (QED) is 0.832. The summed E-state index contributed by atoms with van der Waals surface area (Å²) < 4.78 is 4.89. The average Bonchev–Trinajstić information content (AvgIpc) is 2.54. The molecular formula is C15H15N3O2. The number of rotatable bonds is 2. The van der Waals surface area contributed by atoms with Gasteiger partial charge in [-0.2, -0.15) is 0 Å². The molecular weight excluding hydrogens is 254 g/mol. The molecule has 0 atom stereocenters. The fourth-order valence-electron chi connectivity index (χ4n) is 2.38. The molecule has 1 amide bonds. The van der Waals surface area contributed by atoms with Crippen molar-refractivity contribution >= 4 is 5.91 Å². The van der Waals surface area contributed by atoms with Gasteiger partial charge in [-0.25, -0.2) is 9.97 Å². The number of ether oxygens (including phenoxy) is 1. The molecule has 102 valence electrons. The lowest BCUT2D eigenvalue weighted by Gasteiger charge is -2.28. The number of aromatic nitrogens is 2. The molecule has 0 aliphatic carbocycles. The SMILES string of the molecule is COc1ncc(C(=O)N2CCc3ccccc3C2)cn1. The van der Waals surface area contributed by atoms with Crippen LogP contribution in [0.1, 0.15) is 21.5 Å². The van der Waals surface area contributed by atoms with Crippen molar-refractivity contribution < 1.29 is 9.53 Å². The fraction of sp³-hybridized carbons (Fsp3) is 0.267. The van der Waals surface area contributed by atoms with Crippen LogP contribution in [0.25, 0.3) is 0 Å². The van der Waals surface area contributed by atoms with Crippen molar-refractivity contribution in [2.75, 3.05) is 13.7 Å². The van der Waals surface area contributed by atoms with Gasteiger partial charge in [-0.1, -0.05) is 24.3 Å². The number of nitrogens with zero attached hydrogens (tertiary/aromatic N) is 3. The van der Waals surface area contributed by atoms with Crippen LogP contribution >= 0.6 is 0 Å². The number of carbonyl (C=O) groups is 1. The number of carbonyl (C=O) groups excluding carboxylic acids is 1. The van der Waals surface area contributed by atoms with Gasteiger partial charge in [-0.3, -0.25) is 4.79 Å². The zero-order valence-electron chi connectivity index (χ0n) is 11.2. The van der Waals surface area contributed by atoms with Gasteiger partial charge >= 0.3 is 6.01 Å². The lowest BCUT2D eigenvalue weighted by atomic mass is 9.99. The largest absolute Gasteiger partial charge is 0.467 e. The van der Waals surface area contributed by atoms with Crippen LogP contribution < -0.4 is 4.74 Å². The molecule has 1 aromatic carbocycles. The first-order valence-corrected chi connectivity index (χ1v) is 6.50. The lowest BCUT2D eigenvalue weighted by Crippen LogP contribution is -2.36. The molecule has 3 rings (SSSR count). The Kier molecular flexibility index (Phi) is 3.33. The minimum atomic E-state index is -0.0397. The Morgan fingerprint density at radius 1 is 1.20 bits per heavy atom. The summed E-state index contributed by atoms with van der Waals surface area (Å²) in [5.74, 6) is -0.0397. The molecule has 0 saturated heterocycles. The van der Waals surface area contributed by atoms with E-state index in [1.54, 1.807) is 0 Å². The van der Waals surface area contributed by atoms with E-state index in [9.17, 15) is 4.79 Å². The maximum Gasteiger partial charge on any atom is 0.316 e. The van der Waals surface area contributed by atoms with Crippen LogP contribution in [0.4, 0.5) is 0 Å². The van der Waals surface area contributed by atoms with Gasteiger partial charge in [-0.05, 0) is 17.5 Å². The zero-order valence-corrected chi connectivity index (χ0v) is 11.2. The summed E-state index contributed by atoms with van der Waals surface area (Å²) in [5.41, 5.74) is 3.02. The molecule has 2 aromatic rings. The van der Waals surface area contributed by atoms with Crippen LogP contribution in [0, 0.1) is 0 Å². The van der Waals surface area contributed by atoms with Gasteiger partial charge < -0.3 is 9.64 Å². The second kappa shape index (κ2) is 5.28. The molecule has 2 heterocycles. The molecule has 0 unspecified atom stereocenters. The summed E-state index contributed by atoms with van der Waals surface area (Å²) in [6.07, 6.45) is 3.91. The summed E-state index contributed by atoms with van der Waals surface area (Å²) in [6, 6.07) is 8.50. The Labute approximate surface area is 117 Å². The standard InChI is InChI=1S/C15H15N3O2/c1-20-15-16-8-13(9-17-15)14(19)18-7-6-11-4-2-3-5-12(11)10-18/h2-5,8-9H,6-7,10H2,1H3. The van der Waals surface area contributed by atoms with Crippen molar-refractivity contribution in [3.05, 3.63) is 53.3 Å². The molecule has 0 bridgehead atoms. The van der Waals surface area contributed by atoms with E-state index in [2.05, 4.69) is 22.1 Å². The van der Waals surface area contributed by atoms with Crippen LogP contribution in [0.2, 0.25) is 0 Å². The Bertz CT molecular complexity index is 625. The predicted octanol–water partition coefficient (Wildman–Crippen LogP) is 1.68. The van der Waals surface area contributed by atoms with Crippen molar-refractivity contribution in [3.63, 3.8) is 0 Å². The highest BCUT2D eigenvalue weighted by atomic mass is 16.5. The van der Waals surface area contributed by atoms with Gasteiger partial charge in [0.1, 0.15) is 0 Å². The van der Waals surface area contributed by atoms with Crippen molar-refractivity contribution in [3.8, 4) is 6.01 Å². The minimum Gasteiger partial charge on any atom is -0.467 e. The number of hydrogen-bond acceptors (Lipinski definition) is 4. The smallest absolute Gasteiger partial charge is 0.316 e. The lowest BCUT2D eigenvalue weighted by molar-refractivity contribution is 0.0733. The number of hydrogen-bond donors (Lipinski definition) is 0. The van der Waals surface area contributed by atoms with Crippen molar-refractivity contribution in [1.29, 1.82) is 0 Å². The third-order valence-electron chi connectivity index (χ3n) is 3.48. The van der Waals surface area contributed by atoms with Crippen molar-refractivity contribution in [2.45, 2.75) is 13.0 Å². The van der Waals surface area contributed by atoms with Gasteiger partial charge in [0.05, 0.1) is 12.7 Å². The van der Waals surface area contributed by atoms with Gasteiger partial charge in [0.15, 0.2) is 0 Å². The van der Waals surface area contributed by atoms with E-state index < -0.39 is 0 Å². The molecule has 1 aliphatic rings. The minimum absolute atomic E-state index is 0.0397. The predicted molar refractivity (Wildman–Crippen MR) is 73.5 cm³/mol. The van der Waals surface area contributed by atoms with Crippen molar-refractivity contribution in [2.24, 2.45) is 0 Å². The molecule has 1 aliphatic heterocycles. The molecule has 20 heavy (non-hydrogen) atoms. The van der Waals surface area contributed by atoms with Crippen LogP contribution in [0.3, 0.4) is 0 Å². The van der Waals surface area contributed by atoms with E-state index in [0.29, 0.717) is 12.1 Å². The second-order valence-corrected chi connectivity index (χ2v) is 4.70. The van der Waals surface area contributed by atoms with Crippen molar-refractivity contribution in [1.82, 2.24) is 14.9 Å². The molecule has 5 heteroatoms. The van der Waals surface area contributed by atoms with E-state index in [0.717, 1.165) is 13.0 Å². The highest BCUT2D eigenvalue weighted by molar-refractivity contribution is 5.93. The number of methoxy groups -OCH3 is 1. The number of amides is 1. The molecule has 0 saturated carbocycles. The first-order valence-electron chi connectivity index (χ1n) is 6.50. The van der Waals surface area contributed by atoms with Gasteiger partial charge in [0.25, 0.3) is 5.91 Å². The number of fused-ring (bicyclic) bond motifs is 1. The van der Waals surface area contributed by atoms with Crippen LogP contribution in [-0.4, -0.2) is 34.4 Å². The summed E-state index contributed by atoms with van der Waals surface area (Å²) in [7, 11) is 1.50. The van der Waals surface area contributed by atoms with Crippen LogP contribution in [-0.2, 0) is 13.0 Å².